The largest absolute Gasteiger partial charge is 0.478 e. The minimum Gasteiger partial charge on any atom is -0.478 e. The first-order valence-electron chi connectivity index (χ1n) is 6.99. The van der Waals surface area contributed by atoms with Crippen LogP contribution in [0.3, 0.4) is 0 Å². The van der Waals surface area contributed by atoms with E-state index in [2.05, 4.69) is 4.98 Å². The number of aromatic carboxylic acids is 1. The summed E-state index contributed by atoms with van der Waals surface area (Å²) in [7, 11) is 0. The van der Waals surface area contributed by atoms with Crippen molar-refractivity contribution in [3.8, 4) is 11.3 Å². The second-order valence-electron chi connectivity index (χ2n) is 5.16. The number of fused-ring (bicyclic) bond motifs is 1. The lowest BCUT2D eigenvalue weighted by Crippen LogP contribution is -2.01. The molecular weight excluding hydrogens is 330 g/mol. The van der Waals surface area contributed by atoms with Gasteiger partial charge in [-0.05, 0) is 43.0 Å². The first kappa shape index (κ1) is 15.8. The molecule has 1 aromatic heterocycles. The number of carboxylic acid groups (broad SMARTS) is 1. The van der Waals surface area contributed by atoms with Crippen LogP contribution in [0.2, 0.25) is 5.02 Å². The van der Waals surface area contributed by atoms with Gasteiger partial charge in [0.05, 0.1) is 16.8 Å². The zero-order valence-corrected chi connectivity index (χ0v) is 14.2. The SMILES string of the molecule is CSc1ccc(-c2cc(C(=O)O)c3ccc(Cl)c(C)c3n2)cc1. The molecule has 0 saturated heterocycles. The molecular formula is C18H14ClNO2S. The molecule has 0 aliphatic heterocycles. The summed E-state index contributed by atoms with van der Waals surface area (Å²) in [6, 6.07) is 12.9. The van der Waals surface area contributed by atoms with Crippen molar-refractivity contribution in [2.24, 2.45) is 0 Å². The number of hydrogen-bond acceptors (Lipinski definition) is 3. The molecule has 3 rings (SSSR count). The highest BCUT2D eigenvalue weighted by Crippen LogP contribution is 2.30. The number of aromatic nitrogens is 1. The smallest absolute Gasteiger partial charge is 0.336 e. The van der Waals surface area contributed by atoms with Gasteiger partial charge in [0.15, 0.2) is 0 Å². The van der Waals surface area contributed by atoms with Gasteiger partial charge in [0.2, 0.25) is 0 Å². The minimum atomic E-state index is -0.971. The Labute approximate surface area is 143 Å². The van der Waals surface area contributed by atoms with Gasteiger partial charge in [-0.25, -0.2) is 9.78 Å². The number of nitrogens with zero attached hydrogens (tertiary/aromatic N) is 1. The van der Waals surface area contributed by atoms with Gasteiger partial charge in [-0.2, -0.15) is 0 Å². The Hall–Kier alpha value is -2.04. The Kier molecular flexibility index (Phi) is 4.28. The number of aryl methyl sites for hydroxylation is 1. The van der Waals surface area contributed by atoms with Gasteiger partial charge in [0.1, 0.15) is 0 Å². The maximum absolute atomic E-state index is 11.6. The molecule has 116 valence electrons. The van der Waals surface area contributed by atoms with Crippen LogP contribution in [0, 0.1) is 6.92 Å². The first-order valence-corrected chi connectivity index (χ1v) is 8.59. The maximum Gasteiger partial charge on any atom is 0.336 e. The molecule has 0 spiro atoms. The average molecular weight is 344 g/mol. The third-order valence-corrected chi connectivity index (χ3v) is 4.94. The van der Waals surface area contributed by atoms with Crippen molar-refractivity contribution in [1.29, 1.82) is 0 Å². The number of carboxylic acids is 1. The zero-order chi connectivity index (χ0) is 16.6. The first-order chi connectivity index (χ1) is 11.0. The Bertz CT molecular complexity index is 907. The molecule has 0 fully saturated rings. The normalized spacial score (nSPS) is 10.9. The van der Waals surface area contributed by atoms with Crippen molar-refractivity contribution in [2.75, 3.05) is 6.26 Å². The molecule has 3 aromatic rings. The van der Waals surface area contributed by atoms with Crippen molar-refractivity contribution in [3.05, 3.63) is 58.6 Å². The molecule has 0 aliphatic carbocycles. The fourth-order valence-corrected chi connectivity index (χ4v) is 3.05. The number of halogens is 1. The molecule has 0 unspecified atom stereocenters. The average Bonchev–Trinajstić information content (AvgIpc) is 2.57. The summed E-state index contributed by atoms with van der Waals surface area (Å²) in [5.74, 6) is -0.971. The number of hydrogen-bond donors (Lipinski definition) is 1. The quantitative estimate of drug-likeness (QED) is 0.657. The predicted molar refractivity (Wildman–Crippen MR) is 95.7 cm³/mol. The molecule has 0 saturated carbocycles. The van der Waals surface area contributed by atoms with E-state index in [0.29, 0.717) is 21.6 Å². The van der Waals surface area contributed by atoms with Gasteiger partial charge >= 0.3 is 5.97 Å². The van der Waals surface area contributed by atoms with Crippen LogP contribution in [0.25, 0.3) is 22.2 Å². The zero-order valence-electron chi connectivity index (χ0n) is 12.6. The van der Waals surface area contributed by atoms with E-state index in [0.717, 1.165) is 16.0 Å². The molecule has 1 heterocycles. The van der Waals surface area contributed by atoms with Gasteiger partial charge in [-0.15, -0.1) is 11.8 Å². The van der Waals surface area contributed by atoms with E-state index in [4.69, 9.17) is 11.6 Å². The molecule has 0 bridgehead atoms. The van der Waals surface area contributed by atoms with Crippen LogP contribution in [0.15, 0.2) is 47.4 Å². The van der Waals surface area contributed by atoms with Gasteiger partial charge < -0.3 is 5.11 Å². The van der Waals surface area contributed by atoms with Crippen molar-refractivity contribution in [3.63, 3.8) is 0 Å². The van der Waals surface area contributed by atoms with Crippen molar-refractivity contribution >= 4 is 40.2 Å². The van der Waals surface area contributed by atoms with Crippen molar-refractivity contribution in [2.45, 2.75) is 11.8 Å². The topological polar surface area (TPSA) is 50.2 Å². The van der Waals surface area contributed by atoms with Crippen LogP contribution >= 0.6 is 23.4 Å². The lowest BCUT2D eigenvalue weighted by atomic mass is 10.0. The third-order valence-electron chi connectivity index (χ3n) is 3.78. The minimum absolute atomic E-state index is 0.235. The molecule has 2 aromatic carbocycles. The summed E-state index contributed by atoms with van der Waals surface area (Å²) < 4.78 is 0. The summed E-state index contributed by atoms with van der Waals surface area (Å²) in [4.78, 5) is 17.4. The van der Waals surface area contributed by atoms with Crippen LogP contribution in [-0.2, 0) is 0 Å². The third kappa shape index (κ3) is 2.92. The standard InChI is InChI=1S/C18H14ClNO2S/c1-10-15(19)8-7-13-14(18(21)22)9-16(20-17(10)13)11-3-5-12(23-2)6-4-11/h3-9H,1-2H3,(H,21,22). The summed E-state index contributed by atoms with van der Waals surface area (Å²) >= 11 is 7.82. The van der Waals surface area contributed by atoms with Crippen LogP contribution in [0.5, 0.6) is 0 Å². The fourth-order valence-electron chi connectivity index (χ4n) is 2.49. The number of carbonyl (C=O) groups is 1. The van der Waals surface area contributed by atoms with Crippen LogP contribution in [0.4, 0.5) is 0 Å². The van der Waals surface area contributed by atoms with Crippen molar-refractivity contribution in [1.82, 2.24) is 4.98 Å². The fraction of sp³-hybridized carbons (Fsp3) is 0.111. The number of thioether (sulfide) groups is 1. The molecule has 3 nitrogen and oxygen atoms in total. The predicted octanol–water partition coefficient (Wildman–Crippen LogP) is 5.28. The molecule has 5 heteroatoms. The summed E-state index contributed by atoms with van der Waals surface area (Å²) in [5, 5.41) is 10.7. The van der Waals surface area contributed by atoms with E-state index in [1.807, 2.05) is 37.4 Å². The monoisotopic (exact) mass is 343 g/mol. The van der Waals surface area contributed by atoms with Gasteiger partial charge in [0.25, 0.3) is 0 Å². The highest BCUT2D eigenvalue weighted by atomic mass is 35.5. The number of rotatable bonds is 3. The van der Waals surface area contributed by atoms with E-state index in [1.165, 1.54) is 0 Å². The van der Waals surface area contributed by atoms with E-state index in [-0.39, 0.29) is 5.56 Å². The van der Waals surface area contributed by atoms with Crippen molar-refractivity contribution < 1.29 is 9.90 Å². The maximum atomic E-state index is 11.6. The number of benzene rings is 2. The highest BCUT2D eigenvalue weighted by Gasteiger charge is 2.15. The van der Waals surface area contributed by atoms with E-state index >= 15 is 0 Å². The summed E-state index contributed by atoms with van der Waals surface area (Å²) in [5.41, 5.74) is 3.16. The Balaban J connectivity index is 2.28. The van der Waals surface area contributed by atoms with Crippen LogP contribution < -0.4 is 0 Å². The molecule has 1 N–H and O–H groups in total. The van der Waals surface area contributed by atoms with E-state index < -0.39 is 5.97 Å². The van der Waals surface area contributed by atoms with Gasteiger partial charge in [-0.3, -0.25) is 0 Å². The van der Waals surface area contributed by atoms with Gasteiger partial charge in [0, 0.05) is 20.9 Å². The lowest BCUT2D eigenvalue weighted by molar-refractivity contribution is 0.0699. The second kappa shape index (κ2) is 6.22. The Morgan fingerprint density at radius 2 is 1.87 bits per heavy atom. The molecule has 0 radical (unpaired) electrons. The Morgan fingerprint density at radius 3 is 2.48 bits per heavy atom. The van der Waals surface area contributed by atoms with Crippen LogP contribution in [-0.4, -0.2) is 22.3 Å². The van der Waals surface area contributed by atoms with E-state index in [9.17, 15) is 9.90 Å². The number of pyridine rings is 1. The van der Waals surface area contributed by atoms with Crippen LogP contribution in [0.1, 0.15) is 15.9 Å². The highest BCUT2D eigenvalue weighted by molar-refractivity contribution is 7.98. The lowest BCUT2D eigenvalue weighted by Gasteiger charge is -2.10. The Morgan fingerprint density at radius 1 is 1.17 bits per heavy atom. The molecule has 23 heavy (non-hydrogen) atoms. The molecule has 0 atom stereocenters. The molecule has 0 amide bonds. The van der Waals surface area contributed by atoms with E-state index in [1.54, 1.807) is 30.0 Å². The second-order valence-corrected chi connectivity index (χ2v) is 6.44. The summed E-state index contributed by atoms with van der Waals surface area (Å²) in [6.07, 6.45) is 2.01. The van der Waals surface area contributed by atoms with Gasteiger partial charge in [-0.1, -0.05) is 29.8 Å². The summed E-state index contributed by atoms with van der Waals surface area (Å²) in [6.45, 7) is 1.85. The molecule has 0 aliphatic rings.